The van der Waals surface area contributed by atoms with E-state index in [0.29, 0.717) is 16.6 Å². The van der Waals surface area contributed by atoms with Gasteiger partial charge < -0.3 is 5.32 Å². The van der Waals surface area contributed by atoms with Crippen molar-refractivity contribution in [2.24, 2.45) is 0 Å². The largest absolute Gasteiger partial charge is 0.349 e. The van der Waals surface area contributed by atoms with Gasteiger partial charge in [-0.3, -0.25) is 14.0 Å². The van der Waals surface area contributed by atoms with Gasteiger partial charge in [0, 0.05) is 11.7 Å². The molecule has 0 unspecified atom stereocenters. The smallest absolute Gasteiger partial charge is 0.288 e. The molecule has 1 aliphatic carbocycles. The Morgan fingerprint density at radius 2 is 2.05 bits per heavy atom. The maximum absolute atomic E-state index is 12.6. The zero-order chi connectivity index (χ0) is 15.0. The number of hydrogen-bond donors (Lipinski definition) is 2. The average molecular weight is 288 g/mol. The predicted octanol–water partition coefficient (Wildman–Crippen LogP) is 1.70. The van der Waals surface area contributed by atoms with Crippen LogP contribution < -0.4 is 10.9 Å². The van der Waals surface area contributed by atoms with E-state index in [1.165, 1.54) is 25.6 Å². The fourth-order valence-corrected chi connectivity index (χ4v) is 3.32. The quantitative estimate of drug-likeness (QED) is 0.882. The van der Waals surface area contributed by atoms with Crippen LogP contribution in [0.1, 0.15) is 53.7 Å². The van der Waals surface area contributed by atoms with Crippen LogP contribution in [0.15, 0.2) is 11.1 Å². The first-order valence-corrected chi connectivity index (χ1v) is 7.45. The van der Waals surface area contributed by atoms with Crippen molar-refractivity contribution in [2.45, 2.75) is 52.0 Å². The molecular formula is C15H20N4O2. The number of aryl methyl sites for hydroxylation is 2. The molecule has 2 aromatic heterocycles. The molecule has 0 saturated heterocycles. The fourth-order valence-electron chi connectivity index (χ4n) is 3.32. The number of nitrogens with zero attached hydrogens (tertiary/aromatic N) is 2. The molecular weight excluding hydrogens is 268 g/mol. The van der Waals surface area contributed by atoms with E-state index in [2.05, 4.69) is 15.5 Å². The third-order valence-corrected chi connectivity index (χ3v) is 4.42. The van der Waals surface area contributed by atoms with Gasteiger partial charge in [0.2, 0.25) is 0 Å². The van der Waals surface area contributed by atoms with Gasteiger partial charge in [0.25, 0.3) is 11.5 Å². The predicted molar refractivity (Wildman–Crippen MR) is 79.6 cm³/mol. The summed E-state index contributed by atoms with van der Waals surface area (Å²) in [5, 5.41) is 9.33. The molecule has 1 saturated carbocycles. The number of aromatic amines is 1. The van der Waals surface area contributed by atoms with Crippen molar-refractivity contribution in [1.82, 2.24) is 19.9 Å². The van der Waals surface area contributed by atoms with Crippen LogP contribution >= 0.6 is 0 Å². The number of fused-ring (bicyclic) bond motifs is 1. The van der Waals surface area contributed by atoms with Gasteiger partial charge in [-0.25, -0.2) is 5.10 Å². The summed E-state index contributed by atoms with van der Waals surface area (Å²) in [4.78, 5) is 24.5. The molecule has 0 spiro atoms. The standard InChI is InChI=1S/C15H20N4O2/c1-9-12(14(20)17-11-6-4-3-5-7-11)10(2)19-8-16-18-15(21)13(9)19/h8,11H,3-7H2,1-2H3,(H,17,20)(H,18,21). The lowest BCUT2D eigenvalue weighted by Gasteiger charge is -2.22. The van der Waals surface area contributed by atoms with Crippen molar-refractivity contribution in [2.75, 3.05) is 0 Å². The van der Waals surface area contributed by atoms with Crippen LogP contribution in [0.3, 0.4) is 0 Å². The monoisotopic (exact) mass is 288 g/mol. The lowest BCUT2D eigenvalue weighted by molar-refractivity contribution is 0.0926. The van der Waals surface area contributed by atoms with E-state index < -0.39 is 0 Å². The maximum Gasteiger partial charge on any atom is 0.288 e. The van der Waals surface area contributed by atoms with E-state index in [4.69, 9.17) is 0 Å². The molecule has 6 heteroatoms. The summed E-state index contributed by atoms with van der Waals surface area (Å²) in [6.07, 6.45) is 7.21. The first-order chi connectivity index (χ1) is 10.1. The molecule has 1 aliphatic rings. The summed E-state index contributed by atoms with van der Waals surface area (Å²) in [5.74, 6) is -0.0833. The van der Waals surface area contributed by atoms with Gasteiger partial charge in [-0.1, -0.05) is 19.3 Å². The second-order valence-electron chi connectivity index (χ2n) is 5.80. The summed E-state index contributed by atoms with van der Waals surface area (Å²) in [6, 6.07) is 0.254. The van der Waals surface area contributed by atoms with Crippen molar-refractivity contribution < 1.29 is 4.79 Å². The Hall–Kier alpha value is -2.11. The van der Waals surface area contributed by atoms with E-state index in [-0.39, 0.29) is 17.5 Å². The molecule has 3 rings (SSSR count). The summed E-state index contributed by atoms with van der Waals surface area (Å²) in [7, 11) is 0. The fraction of sp³-hybridized carbons (Fsp3) is 0.533. The summed E-state index contributed by atoms with van der Waals surface area (Å²) in [6.45, 7) is 3.66. The molecule has 0 aromatic carbocycles. The molecule has 0 aliphatic heterocycles. The molecule has 2 heterocycles. The van der Waals surface area contributed by atoms with Gasteiger partial charge >= 0.3 is 0 Å². The van der Waals surface area contributed by atoms with Gasteiger partial charge in [-0.2, -0.15) is 5.10 Å². The van der Waals surface area contributed by atoms with Crippen molar-refractivity contribution in [3.05, 3.63) is 33.5 Å². The number of nitrogens with one attached hydrogen (secondary N) is 2. The highest BCUT2D eigenvalue weighted by Crippen LogP contribution is 2.22. The molecule has 21 heavy (non-hydrogen) atoms. The summed E-state index contributed by atoms with van der Waals surface area (Å²) < 4.78 is 1.68. The van der Waals surface area contributed by atoms with Crippen LogP contribution in [0.4, 0.5) is 0 Å². The molecule has 2 N–H and O–H groups in total. The number of rotatable bonds is 2. The second kappa shape index (κ2) is 5.35. The summed E-state index contributed by atoms with van der Waals surface area (Å²) >= 11 is 0. The van der Waals surface area contributed by atoms with Crippen LogP contribution in [0, 0.1) is 13.8 Å². The third-order valence-electron chi connectivity index (χ3n) is 4.42. The zero-order valence-electron chi connectivity index (χ0n) is 12.4. The van der Waals surface area contributed by atoms with Gasteiger partial charge in [0.1, 0.15) is 11.8 Å². The Labute approximate surface area is 122 Å². The summed E-state index contributed by atoms with van der Waals surface area (Å²) in [5.41, 5.74) is 2.30. The van der Waals surface area contributed by atoms with Gasteiger partial charge in [0.05, 0.1) is 5.56 Å². The number of H-pyrrole nitrogens is 1. The van der Waals surface area contributed by atoms with Crippen LogP contribution in [-0.4, -0.2) is 26.5 Å². The SMILES string of the molecule is Cc1c(C(=O)NC2CCCCC2)c(C)n2cn[nH]c(=O)c12. The van der Waals surface area contributed by atoms with Crippen LogP contribution in [0.5, 0.6) is 0 Å². The highest BCUT2D eigenvalue weighted by molar-refractivity contribution is 5.99. The second-order valence-corrected chi connectivity index (χ2v) is 5.80. The molecule has 1 fully saturated rings. The number of aromatic nitrogens is 3. The van der Waals surface area contributed by atoms with E-state index in [0.717, 1.165) is 18.5 Å². The van der Waals surface area contributed by atoms with E-state index in [1.807, 2.05) is 13.8 Å². The topological polar surface area (TPSA) is 79.3 Å². The first kappa shape index (κ1) is 13.9. The Kier molecular flexibility index (Phi) is 3.53. The molecule has 1 amide bonds. The lowest BCUT2D eigenvalue weighted by atomic mass is 9.95. The van der Waals surface area contributed by atoms with Crippen molar-refractivity contribution in [1.29, 1.82) is 0 Å². The third kappa shape index (κ3) is 2.34. The highest BCUT2D eigenvalue weighted by Gasteiger charge is 2.23. The van der Waals surface area contributed by atoms with Crippen molar-refractivity contribution in [3.8, 4) is 0 Å². The first-order valence-electron chi connectivity index (χ1n) is 7.45. The maximum atomic E-state index is 12.6. The van der Waals surface area contributed by atoms with Gasteiger partial charge in [-0.15, -0.1) is 0 Å². The molecule has 0 atom stereocenters. The van der Waals surface area contributed by atoms with Crippen LogP contribution in [0.2, 0.25) is 0 Å². The molecule has 6 nitrogen and oxygen atoms in total. The Bertz CT molecular complexity index is 738. The number of amides is 1. The molecule has 0 radical (unpaired) electrons. The molecule has 112 valence electrons. The molecule has 2 aromatic rings. The number of hydrogen-bond acceptors (Lipinski definition) is 3. The average Bonchev–Trinajstić information content (AvgIpc) is 2.73. The Morgan fingerprint density at radius 3 is 2.71 bits per heavy atom. The van der Waals surface area contributed by atoms with Crippen molar-refractivity contribution in [3.63, 3.8) is 0 Å². The van der Waals surface area contributed by atoms with Crippen LogP contribution in [-0.2, 0) is 0 Å². The van der Waals surface area contributed by atoms with Crippen molar-refractivity contribution >= 4 is 11.4 Å². The zero-order valence-corrected chi connectivity index (χ0v) is 12.4. The molecule has 0 bridgehead atoms. The minimum absolute atomic E-state index is 0.0833. The number of carbonyl (C=O) groups is 1. The highest BCUT2D eigenvalue weighted by atomic mass is 16.2. The minimum Gasteiger partial charge on any atom is -0.349 e. The van der Waals surface area contributed by atoms with Crippen LogP contribution in [0.25, 0.3) is 5.52 Å². The van der Waals surface area contributed by atoms with E-state index in [9.17, 15) is 9.59 Å². The Balaban J connectivity index is 1.98. The Morgan fingerprint density at radius 1 is 1.33 bits per heavy atom. The van der Waals surface area contributed by atoms with E-state index >= 15 is 0 Å². The van der Waals surface area contributed by atoms with Gasteiger partial charge in [-0.05, 0) is 32.3 Å². The van der Waals surface area contributed by atoms with Gasteiger partial charge in [0.15, 0.2) is 0 Å². The minimum atomic E-state index is -0.269. The van der Waals surface area contributed by atoms with E-state index in [1.54, 1.807) is 4.40 Å². The number of carbonyl (C=O) groups excluding carboxylic acids is 1. The normalized spacial score (nSPS) is 16.3. The lowest BCUT2D eigenvalue weighted by Crippen LogP contribution is -2.36.